The summed E-state index contributed by atoms with van der Waals surface area (Å²) in [6.45, 7) is 1.35. The Morgan fingerprint density at radius 3 is 2.69 bits per heavy atom. The molecular formula is C10H7F3N2O. The van der Waals surface area contributed by atoms with E-state index in [2.05, 4.69) is 4.98 Å². The van der Waals surface area contributed by atoms with Gasteiger partial charge in [-0.2, -0.15) is 13.2 Å². The molecule has 0 N–H and O–H groups in total. The first-order valence-electron chi connectivity index (χ1n) is 4.45. The van der Waals surface area contributed by atoms with Crippen LogP contribution in [0.5, 0.6) is 0 Å². The number of Topliss-reactive ketones (excluding diaryl/α,β-unsaturated/α-hetero) is 1. The van der Waals surface area contributed by atoms with Crippen molar-refractivity contribution in [2.45, 2.75) is 13.1 Å². The second-order valence-corrected chi connectivity index (χ2v) is 3.35. The van der Waals surface area contributed by atoms with Crippen LogP contribution in [0.2, 0.25) is 0 Å². The van der Waals surface area contributed by atoms with Gasteiger partial charge in [0.05, 0.1) is 11.7 Å². The fourth-order valence-corrected chi connectivity index (χ4v) is 1.43. The predicted octanol–water partition coefficient (Wildman–Crippen LogP) is 2.56. The van der Waals surface area contributed by atoms with Gasteiger partial charge in [0.2, 0.25) is 5.82 Å². The van der Waals surface area contributed by atoms with Crippen LogP contribution >= 0.6 is 0 Å². The molecule has 2 aromatic heterocycles. The number of imidazole rings is 1. The summed E-state index contributed by atoms with van der Waals surface area (Å²) in [5.74, 6) is -1.19. The average Bonchev–Trinajstić information content (AvgIpc) is 2.58. The van der Waals surface area contributed by atoms with Gasteiger partial charge in [-0.15, -0.1) is 0 Å². The van der Waals surface area contributed by atoms with Crippen molar-refractivity contribution in [2.24, 2.45) is 0 Å². The van der Waals surface area contributed by atoms with E-state index in [-0.39, 0.29) is 11.3 Å². The van der Waals surface area contributed by atoms with E-state index >= 15 is 0 Å². The molecule has 0 unspecified atom stereocenters. The highest BCUT2D eigenvalue weighted by Gasteiger charge is 2.35. The van der Waals surface area contributed by atoms with Gasteiger partial charge in [0.15, 0.2) is 5.78 Å². The minimum atomic E-state index is -4.50. The first kappa shape index (κ1) is 10.7. The third-order valence-electron chi connectivity index (χ3n) is 2.19. The minimum absolute atomic E-state index is 0.197. The number of rotatable bonds is 1. The van der Waals surface area contributed by atoms with Gasteiger partial charge in [-0.3, -0.25) is 9.20 Å². The van der Waals surface area contributed by atoms with Gasteiger partial charge >= 0.3 is 6.18 Å². The molecule has 2 aromatic rings. The van der Waals surface area contributed by atoms with Crippen molar-refractivity contribution in [3.05, 3.63) is 35.9 Å². The molecule has 2 rings (SSSR count). The molecule has 0 bridgehead atoms. The summed E-state index contributed by atoms with van der Waals surface area (Å²) in [4.78, 5) is 14.3. The number of carbonyl (C=O) groups excluding carboxylic acids is 1. The van der Waals surface area contributed by atoms with Gasteiger partial charge in [-0.05, 0) is 19.1 Å². The van der Waals surface area contributed by atoms with Crippen LogP contribution in [0.3, 0.4) is 0 Å². The lowest BCUT2D eigenvalue weighted by Gasteiger charge is -2.05. The van der Waals surface area contributed by atoms with Gasteiger partial charge in [-0.1, -0.05) is 0 Å². The zero-order valence-corrected chi connectivity index (χ0v) is 8.25. The van der Waals surface area contributed by atoms with Crippen LogP contribution < -0.4 is 0 Å². The number of fused-ring (bicyclic) bond motifs is 1. The van der Waals surface area contributed by atoms with E-state index in [1.54, 1.807) is 0 Å². The number of halogens is 3. The summed E-state index contributed by atoms with van der Waals surface area (Å²) in [6, 6.07) is 2.72. The number of carbonyl (C=O) groups is 1. The molecule has 0 amide bonds. The molecule has 3 nitrogen and oxygen atoms in total. The number of nitrogens with zero attached hydrogens (tertiary/aromatic N) is 2. The molecule has 0 aromatic carbocycles. The van der Waals surface area contributed by atoms with E-state index in [1.807, 2.05) is 0 Å². The molecule has 0 fully saturated rings. The Kier molecular flexibility index (Phi) is 2.22. The zero-order valence-electron chi connectivity index (χ0n) is 8.25. The fraction of sp³-hybridized carbons (Fsp3) is 0.200. The molecule has 6 heteroatoms. The summed E-state index contributed by atoms with van der Waals surface area (Å²) < 4.78 is 38.3. The Hall–Kier alpha value is -1.85. The maximum absolute atomic E-state index is 12.5. The number of aromatic nitrogens is 2. The van der Waals surface area contributed by atoms with Gasteiger partial charge in [0.25, 0.3) is 0 Å². The van der Waals surface area contributed by atoms with Crippen molar-refractivity contribution in [1.29, 1.82) is 0 Å². The predicted molar refractivity (Wildman–Crippen MR) is 50.2 cm³/mol. The van der Waals surface area contributed by atoms with Crippen LogP contribution in [0.4, 0.5) is 13.2 Å². The molecular weight excluding hydrogens is 221 g/mol. The van der Waals surface area contributed by atoms with E-state index in [0.717, 1.165) is 10.6 Å². The number of pyridine rings is 1. The molecule has 2 heterocycles. The van der Waals surface area contributed by atoms with Crippen LogP contribution in [0, 0.1) is 0 Å². The van der Waals surface area contributed by atoms with Crippen LogP contribution in [0.25, 0.3) is 5.52 Å². The number of alkyl halides is 3. The lowest BCUT2D eigenvalue weighted by Crippen LogP contribution is -2.10. The largest absolute Gasteiger partial charge is 0.450 e. The van der Waals surface area contributed by atoms with E-state index in [9.17, 15) is 18.0 Å². The van der Waals surface area contributed by atoms with Crippen molar-refractivity contribution >= 4 is 11.3 Å². The maximum Gasteiger partial charge on any atom is 0.450 e. The second-order valence-electron chi connectivity index (χ2n) is 3.35. The van der Waals surface area contributed by atoms with Gasteiger partial charge in [0, 0.05) is 11.8 Å². The van der Waals surface area contributed by atoms with Crippen molar-refractivity contribution < 1.29 is 18.0 Å². The van der Waals surface area contributed by atoms with Crippen molar-refractivity contribution in [3.8, 4) is 0 Å². The quantitative estimate of drug-likeness (QED) is 0.703. The topological polar surface area (TPSA) is 34.4 Å². The lowest BCUT2D eigenvalue weighted by atomic mass is 10.2. The fourth-order valence-electron chi connectivity index (χ4n) is 1.43. The highest BCUT2D eigenvalue weighted by atomic mass is 19.4. The molecule has 0 saturated carbocycles. The third-order valence-corrected chi connectivity index (χ3v) is 2.19. The standard InChI is InChI=1S/C10H7F3N2O/c1-6(16)7-2-3-15-8(4-7)5-14-9(15)10(11,12)13/h2-5H,1H3. The lowest BCUT2D eigenvalue weighted by molar-refractivity contribution is -0.145. The first-order chi connectivity index (χ1) is 7.39. The van der Waals surface area contributed by atoms with Gasteiger partial charge in [0.1, 0.15) is 0 Å². The molecule has 84 valence electrons. The molecule has 16 heavy (non-hydrogen) atoms. The van der Waals surface area contributed by atoms with Crippen LogP contribution in [-0.4, -0.2) is 15.2 Å². The van der Waals surface area contributed by atoms with Gasteiger partial charge < -0.3 is 0 Å². The van der Waals surface area contributed by atoms with Crippen molar-refractivity contribution in [3.63, 3.8) is 0 Å². The molecule has 0 aliphatic carbocycles. The highest BCUT2D eigenvalue weighted by Crippen LogP contribution is 2.28. The van der Waals surface area contributed by atoms with Gasteiger partial charge in [-0.25, -0.2) is 4.98 Å². The van der Waals surface area contributed by atoms with Crippen molar-refractivity contribution in [2.75, 3.05) is 0 Å². The summed E-state index contributed by atoms with van der Waals surface area (Å²) >= 11 is 0. The zero-order chi connectivity index (χ0) is 11.9. The van der Waals surface area contributed by atoms with Crippen LogP contribution in [-0.2, 0) is 6.18 Å². The van der Waals surface area contributed by atoms with Crippen LogP contribution in [0.1, 0.15) is 23.1 Å². The second kappa shape index (κ2) is 3.33. The highest BCUT2D eigenvalue weighted by molar-refractivity contribution is 5.95. The Bertz CT molecular complexity index is 557. The summed E-state index contributed by atoms with van der Waals surface area (Å²) in [6.07, 6.45) is -2.21. The normalized spacial score (nSPS) is 12.0. The number of ketones is 1. The number of hydrogen-bond donors (Lipinski definition) is 0. The van der Waals surface area contributed by atoms with Crippen LogP contribution in [0.15, 0.2) is 24.5 Å². The SMILES string of the molecule is CC(=O)c1ccn2c(C(F)(F)F)ncc2c1. The summed E-state index contributed by atoms with van der Waals surface area (Å²) in [7, 11) is 0. The first-order valence-corrected chi connectivity index (χ1v) is 4.45. The molecule has 0 atom stereocenters. The average molecular weight is 228 g/mol. The monoisotopic (exact) mass is 228 g/mol. The Balaban J connectivity index is 2.64. The van der Waals surface area contributed by atoms with Crippen molar-refractivity contribution in [1.82, 2.24) is 9.38 Å². The third kappa shape index (κ3) is 1.66. The van der Waals surface area contributed by atoms with E-state index in [4.69, 9.17) is 0 Å². The summed E-state index contributed by atoms with van der Waals surface area (Å²) in [5, 5.41) is 0. The maximum atomic E-state index is 12.5. The smallest absolute Gasteiger partial charge is 0.296 e. The molecule has 0 radical (unpaired) electrons. The molecule has 0 aliphatic heterocycles. The number of hydrogen-bond acceptors (Lipinski definition) is 2. The Morgan fingerprint density at radius 1 is 1.44 bits per heavy atom. The van der Waals surface area contributed by atoms with E-state index < -0.39 is 12.0 Å². The molecule has 0 aliphatic rings. The molecule has 0 spiro atoms. The summed E-state index contributed by atoms with van der Waals surface area (Å²) in [5.41, 5.74) is 0.612. The Morgan fingerprint density at radius 2 is 2.12 bits per heavy atom. The Labute approximate surface area is 88.5 Å². The molecule has 0 saturated heterocycles. The van der Waals surface area contributed by atoms with E-state index in [1.165, 1.54) is 25.3 Å². The van der Waals surface area contributed by atoms with E-state index in [0.29, 0.717) is 5.56 Å². The minimum Gasteiger partial charge on any atom is -0.296 e.